The molecule has 0 bridgehead atoms. The number of carbonyl (C=O) groups excluding carboxylic acids is 3. The Morgan fingerprint density at radius 3 is 2.14 bits per heavy atom. The van der Waals surface area contributed by atoms with Crippen molar-refractivity contribution in [3.05, 3.63) is 62.6 Å². The zero-order valence-electron chi connectivity index (χ0n) is 11.6. The van der Waals surface area contributed by atoms with Crippen molar-refractivity contribution in [2.45, 2.75) is 0 Å². The average molecular weight is 359 g/mol. The summed E-state index contributed by atoms with van der Waals surface area (Å²) < 4.78 is 0.378. The number of ketones is 2. The minimum absolute atomic E-state index is 0.161. The number of primary amides is 1. The molecule has 0 aliphatic heterocycles. The van der Waals surface area contributed by atoms with Gasteiger partial charge >= 0.3 is 0 Å². The third-order valence-corrected chi connectivity index (χ3v) is 4.29. The van der Waals surface area contributed by atoms with Crippen LogP contribution in [0.25, 0.3) is 0 Å². The molecule has 2 aromatic carbocycles. The van der Waals surface area contributed by atoms with E-state index in [1.807, 2.05) is 0 Å². The van der Waals surface area contributed by atoms with Gasteiger partial charge < -0.3 is 11.1 Å². The van der Waals surface area contributed by atoms with Gasteiger partial charge in [0.15, 0.2) is 11.6 Å². The molecule has 1 aliphatic carbocycles. The van der Waals surface area contributed by atoms with E-state index in [9.17, 15) is 14.4 Å². The maximum atomic E-state index is 12.8. The summed E-state index contributed by atoms with van der Waals surface area (Å²) in [5, 5.41) is 2.82. The lowest BCUT2D eigenvalue weighted by Crippen LogP contribution is -2.25. The zero-order chi connectivity index (χ0) is 16.0. The third kappa shape index (κ3) is 1.88. The van der Waals surface area contributed by atoms with E-state index >= 15 is 0 Å². The van der Waals surface area contributed by atoms with Gasteiger partial charge in [-0.15, -0.1) is 0 Å². The molecule has 0 saturated carbocycles. The first-order chi connectivity index (χ1) is 10.5. The Bertz CT molecular complexity index is 859. The molecule has 0 heterocycles. The number of hydrogen-bond donors (Lipinski definition) is 2. The Kier molecular flexibility index (Phi) is 3.33. The first-order valence-corrected chi connectivity index (χ1v) is 7.29. The first kappa shape index (κ1) is 14.5. The van der Waals surface area contributed by atoms with Crippen LogP contribution in [0.15, 0.2) is 34.8 Å². The molecule has 0 aromatic heterocycles. The molecule has 3 rings (SSSR count). The van der Waals surface area contributed by atoms with Crippen LogP contribution in [0.3, 0.4) is 0 Å². The van der Waals surface area contributed by atoms with Crippen molar-refractivity contribution in [3.63, 3.8) is 0 Å². The molecule has 3 N–H and O–H groups in total. The second-order valence-electron chi connectivity index (χ2n) is 4.85. The molecule has 22 heavy (non-hydrogen) atoms. The molecule has 0 spiro atoms. The van der Waals surface area contributed by atoms with Crippen molar-refractivity contribution in [1.82, 2.24) is 0 Å². The molecule has 110 valence electrons. The van der Waals surface area contributed by atoms with Gasteiger partial charge in [-0.05, 0) is 22.0 Å². The highest BCUT2D eigenvalue weighted by Crippen LogP contribution is 2.38. The van der Waals surface area contributed by atoms with Crippen molar-refractivity contribution in [1.29, 1.82) is 0 Å². The Hall–Kier alpha value is -2.47. The minimum Gasteiger partial charge on any atom is -0.387 e. The molecule has 0 saturated heterocycles. The molecule has 2 aromatic rings. The second kappa shape index (κ2) is 5.06. The van der Waals surface area contributed by atoms with Crippen LogP contribution in [0, 0.1) is 0 Å². The number of halogens is 1. The van der Waals surface area contributed by atoms with Crippen LogP contribution in [0.4, 0.5) is 5.69 Å². The van der Waals surface area contributed by atoms with Crippen LogP contribution in [0.2, 0.25) is 0 Å². The number of benzene rings is 2. The van der Waals surface area contributed by atoms with Crippen molar-refractivity contribution >= 4 is 39.1 Å². The summed E-state index contributed by atoms with van der Waals surface area (Å²) in [6.07, 6.45) is 0. The lowest BCUT2D eigenvalue weighted by molar-refractivity contribution is 0.0977. The highest BCUT2D eigenvalue weighted by Gasteiger charge is 2.35. The van der Waals surface area contributed by atoms with Crippen LogP contribution in [0.5, 0.6) is 0 Å². The maximum Gasteiger partial charge on any atom is 0.250 e. The van der Waals surface area contributed by atoms with Crippen molar-refractivity contribution in [3.8, 4) is 0 Å². The van der Waals surface area contributed by atoms with Gasteiger partial charge in [0.1, 0.15) is 0 Å². The van der Waals surface area contributed by atoms with E-state index in [1.54, 1.807) is 31.3 Å². The minimum atomic E-state index is -0.674. The summed E-state index contributed by atoms with van der Waals surface area (Å²) in [6, 6.07) is 8.08. The molecule has 0 atom stereocenters. The Labute approximate surface area is 134 Å². The van der Waals surface area contributed by atoms with E-state index in [0.29, 0.717) is 15.6 Å². The number of nitrogens with two attached hydrogens (primary N) is 1. The van der Waals surface area contributed by atoms with Gasteiger partial charge in [-0.2, -0.15) is 0 Å². The topological polar surface area (TPSA) is 89.3 Å². The Morgan fingerprint density at radius 2 is 1.64 bits per heavy atom. The number of amides is 1. The largest absolute Gasteiger partial charge is 0.387 e. The quantitative estimate of drug-likeness (QED) is 0.735. The smallest absolute Gasteiger partial charge is 0.250 e. The van der Waals surface area contributed by atoms with Gasteiger partial charge in [0.25, 0.3) is 5.91 Å². The Balaban J connectivity index is 2.42. The molecule has 0 radical (unpaired) electrons. The number of hydrogen-bond acceptors (Lipinski definition) is 4. The highest BCUT2D eigenvalue weighted by atomic mass is 79.9. The van der Waals surface area contributed by atoms with Gasteiger partial charge in [-0.3, -0.25) is 14.4 Å². The highest BCUT2D eigenvalue weighted by molar-refractivity contribution is 9.10. The average Bonchev–Trinajstić information content (AvgIpc) is 2.51. The summed E-state index contributed by atoms with van der Waals surface area (Å²) in [5.74, 6) is -1.24. The second-order valence-corrected chi connectivity index (χ2v) is 5.70. The van der Waals surface area contributed by atoms with E-state index in [2.05, 4.69) is 21.2 Å². The fourth-order valence-electron chi connectivity index (χ4n) is 2.70. The lowest BCUT2D eigenvalue weighted by Gasteiger charge is -2.22. The summed E-state index contributed by atoms with van der Waals surface area (Å²) >= 11 is 3.28. The van der Waals surface area contributed by atoms with Crippen molar-refractivity contribution < 1.29 is 14.4 Å². The molecule has 6 heteroatoms. The molecule has 0 unspecified atom stereocenters. The van der Waals surface area contributed by atoms with Gasteiger partial charge in [-0.1, -0.05) is 24.3 Å². The number of fused-ring (bicyclic) bond motifs is 2. The molecule has 1 amide bonds. The van der Waals surface area contributed by atoms with Crippen molar-refractivity contribution in [2.75, 3.05) is 12.4 Å². The SMILES string of the molecule is CNc1c(C(N)=O)cc(Br)c2c1C(=O)c1ccccc1C2=O. The first-order valence-electron chi connectivity index (χ1n) is 6.49. The van der Waals surface area contributed by atoms with E-state index in [-0.39, 0.29) is 33.9 Å². The van der Waals surface area contributed by atoms with E-state index in [4.69, 9.17) is 5.73 Å². The predicted molar refractivity (Wildman–Crippen MR) is 85.5 cm³/mol. The molecular weight excluding hydrogens is 348 g/mol. The van der Waals surface area contributed by atoms with Crippen LogP contribution in [-0.2, 0) is 0 Å². The van der Waals surface area contributed by atoms with Crippen LogP contribution in [0.1, 0.15) is 42.2 Å². The molecule has 0 fully saturated rings. The van der Waals surface area contributed by atoms with Crippen molar-refractivity contribution in [2.24, 2.45) is 5.73 Å². The monoisotopic (exact) mass is 358 g/mol. The molecule has 5 nitrogen and oxygen atoms in total. The predicted octanol–water partition coefficient (Wildman–Crippen LogP) is 2.37. The third-order valence-electron chi connectivity index (χ3n) is 3.67. The normalized spacial score (nSPS) is 12.6. The fourth-order valence-corrected chi connectivity index (χ4v) is 3.31. The molecule has 1 aliphatic rings. The van der Waals surface area contributed by atoms with Gasteiger partial charge in [0.2, 0.25) is 0 Å². The van der Waals surface area contributed by atoms with Gasteiger partial charge in [0.05, 0.1) is 22.4 Å². The summed E-state index contributed by atoms with van der Waals surface area (Å²) in [5.41, 5.74) is 6.91. The van der Waals surface area contributed by atoms with E-state index in [1.165, 1.54) is 6.07 Å². The maximum absolute atomic E-state index is 12.8. The lowest BCUT2D eigenvalue weighted by atomic mass is 9.82. The van der Waals surface area contributed by atoms with Crippen LogP contribution < -0.4 is 11.1 Å². The van der Waals surface area contributed by atoms with Crippen LogP contribution in [-0.4, -0.2) is 24.5 Å². The van der Waals surface area contributed by atoms with E-state index < -0.39 is 5.91 Å². The van der Waals surface area contributed by atoms with Gasteiger partial charge in [-0.25, -0.2) is 0 Å². The fraction of sp³-hybridized carbons (Fsp3) is 0.0625. The number of anilines is 1. The summed E-state index contributed by atoms with van der Waals surface area (Å²) in [4.78, 5) is 37.1. The van der Waals surface area contributed by atoms with Gasteiger partial charge in [0, 0.05) is 22.6 Å². The van der Waals surface area contributed by atoms with E-state index in [0.717, 1.165) is 0 Å². The molecular formula is C16H11BrN2O3. The standard InChI is InChI=1S/C16H11BrN2O3/c1-19-13-9(16(18)22)6-10(17)11-12(13)15(21)8-5-3-2-4-7(8)14(11)20/h2-6,19H,1H3,(H2,18,22). The van der Waals surface area contributed by atoms with Crippen LogP contribution >= 0.6 is 15.9 Å². The summed E-state index contributed by atoms with van der Waals surface area (Å²) in [7, 11) is 1.58. The number of rotatable bonds is 2. The number of carbonyl (C=O) groups is 3. The zero-order valence-corrected chi connectivity index (χ0v) is 13.2. The summed E-state index contributed by atoms with van der Waals surface area (Å²) in [6.45, 7) is 0. The number of nitrogens with one attached hydrogen (secondary N) is 1. The Morgan fingerprint density at radius 1 is 1.09 bits per heavy atom.